The predicted molar refractivity (Wildman–Crippen MR) is 92.9 cm³/mol. The van der Waals surface area contributed by atoms with E-state index in [-0.39, 0.29) is 10.8 Å². The molecule has 4 aliphatic rings. The molecule has 0 bridgehead atoms. The highest BCUT2D eigenvalue weighted by Crippen LogP contribution is 2.68. The highest BCUT2D eigenvalue weighted by Gasteiger charge is 2.64. The average Bonchev–Trinajstić information content (AvgIpc) is 2.78. The highest BCUT2D eigenvalue weighted by molar-refractivity contribution is 5.13. The van der Waals surface area contributed by atoms with E-state index in [9.17, 15) is 10.2 Å². The molecule has 0 aliphatic heterocycles. The first-order chi connectivity index (χ1) is 10.9. The maximum Gasteiger partial charge on any atom is 0.0675 e. The zero-order valence-electron chi connectivity index (χ0n) is 15.4. The van der Waals surface area contributed by atoms with Crippen LogP contribution in [0.25, 0.3) is 0 Å². The van der Waals surface area contributed by atoms with Gasteiger partial charge in [0, 0.05) is 6.61 Å². The van der Waals surface area contributed by atoms with Crippen LogP contribution in [-0.4, -0.2) is 22.4 Å². The van der Waals surface area contributed by atoms with Crippen LogP contribution in [-0.2, 0) is 0 Å². The third-order valence-electron chi connectivity index (χ3n) is 9.51. The molecule has 0 aromatic rings. The molecule has 2 heteroatoms. The Morgan fingerprint density at radius 3 is 2.39 bits per heavy atom. The lowest BCUT2D eigenvalue weighted by Gasteiger charge is -2.63. The Morgan fingerprint density at radius 1 is 0.913 bits per heavy atom. The van der Waals surface area contributed by atoms with E-state index in [0.29, 0.717) is 18.4 Å². The molecule has 0 saturated heterocycles. The summed E-state index contributed by atoms with van der Waals surface area (Å²) in [5.41, 5.74) is -0.177. The summed E-state index contributed by atoms with van der Waals surface area (Å²) in [6.07, 6.45) is 11.2. The molecule has 4 rings (SSSR count). The first-order valence-electron chi connectivity index (χ1n) is 10.2. The normalized spacial score (nSPS) is 59.1. The Labute approximate surface area is 142 Å². The second kappa shape index (κ2) is 5.21. The maximum atomic E-state index is 11.0. The van der Waals surface area contributed by atoms with Gasteiger partial charge in [0.25, 0.3) is 0 Å². The molecule has 4 aliphatic carbocycles. The molecule has 0 spiro atoms. The lowest BCUT2D eigenvalue weighted by Crippen LogP contribution is -2.59. The van der Waals surface area contributed by atoms with Gasteiger partial charge in [0.2, 0.25) is 0 Å². The number of aliphatic hydroxyl groups excluding tert-OH is 1. The van der Waals surface area contributed by atoms with Crippen LogP contribution in [0.4, 0.5) is 0 Å². The van der Waals surface area contributed by atoms with Crippen molar-refractivity contribution >= 4 is 0 Å². The molecule has 4 saturated carbocycles. The van der Waals surface area contributed by atoms with Crippen LogP contribution in [0, 0.1) is 40.4 Å². The van der Waals surface area contributed by atoms with Gasteiger partial charge in [0.05, 0.1) is 5.60 Å². The fourth-order valence-corrected chi connectivity index (χ4v) is 8.08. The van der Waals surface area contributed by atoms with E-state index >= 15 is 0 Å². The van der Waals surface area contributed by atoms with Crippen molar-refractivity contribution in [2.45, 2.75) is 84.2 Å². The molecule has 0 aromatic carbocycles. The monoisotopic (exact) mass is 320 g/mol. The fourth-order valence-electron chi connectivity index (χ4n) is 8.08. The van der Waals surface area contributed by atoms with E-state index in [2.05, 4.69) is 20.8 Å². The van der Waals surface area contributed by atoms with Gasteiger partial charge in [-0.25, -0.2) is 0 Å². The molecule has 23 heavy (non-hydrogen) atoms. The standard InChI is InChI=1S/C21H36O2/c1-14-12-15-17-8-11-20(3,23)19(17,2)10-7-18(15)21(13-22)9-5-4-6-16(14)21/h14-18,22-23H,4-13H2,1-3H3/t14?,15-,16?,17-,18+,19-,20?,21+/m0/s1. The van der Waals surface area contributed by atoms with Crippen LogP contribution >= 0.6 is 0 Å². The van der Waals surface area contributed by atoms with Crippen LogP contribution in [0.1, 0.15) is 78.6 Å². The number of hydrogen-bond donors (Lipinski definition) is 2. The molecule has 0 heterocycles. The summed E-state index contributed by atoms with van der Waals surface area (Å²) >= 11 is 0. The van der Waals surface area contributed by atoms with E-state index in [1.165, 1.54) is 44.9 Å². The summed E-state index contributed by atoms with van der Waals surface area (Å²) in [5, 5.41) is 21.5. The Bertz CT molecular complexity index is 472. The Hall–Kier alpha value is -0.0800. The first-order valence-corrected chi connectivity index (χ1v) is 10.2. The Morgan fingerprint density at radius 2 is 1.65 bits per heavy atom. The lowest BCUT2D eigenvalue weighted by atomic mass is 9.42. The van der Waals surface area contributed by atoms with Crippen molar-refractivity contribution in [3.63, 3.8) is 0 Å². The summed E-state index contributed by atoms with van der Waals surface area (Å²) in [4.78, 5) is 0. The largest absolute Gasteiger partial charge is 0.396 e. The van der Waals surface area contributed by atoms with Crippen LogP contribution in [0.3, 0.4) is 0 Å². The number of aliphatic hydroxyl groups is 2. The van der Waals surface area contributed by atoms with Crippen LogP contribution in [0.15, 0.2) is 0 Å². The molecule has 3 unspecified atom stereocenters. The quantitative estimate of drug-likeness (QED) is 0.752. The molecule has 2 N–H and O–H groups in total. The van der Waals surface area contributed by atoms with Gasteiger partial charge in [0.1, 0.15) is 0 Å². The van der Waals surface area contributed by atoms with Crippen LogP contribution < -0.4 is 0 Å². The number of hydrogen-bond acceptors (Lipinski definition) is 2. The smallest absolute Gasteiger partial charge is 0.0675 e. The van der Waals surface area contributed by atoms with E-state index in [0.717, 1.165) is 30.6 Å². The van der Waals surface area contributed by atoms with Crippen molar-refractivity contribution in [3.8, 4) is 0 Å². The van der Waals surface area contributed by atoms with Crippen molar-refractivity contribution in [1.29, 1.82) is 0 Å². The van der Waals surface area contributed by atoms with Gasteiger partial charge in [-0.15, -0.1) is 0 Å². The third kappa shape index (κ3) is 2.00. The molecule has 132 valence electrons. The van der Waals surface area contributed by atoms with Crippen molar-refractivity contribution in [2.24, 2.45) is 40.4 Å². The maximum absolute atomic E-state index is 11.0. The van der Waals surface area contributed by atoms with E-state index in [1.54, 1.807) is 0 Å². The zero-order valence-corrected chi connectivity index (χ0v) is 15.4. The molecular weight excluding hydrogens is 284 g/mol. The molecular formula is C21H36O2. The zero-order chi connectivity index (χ0) is 16.5. The van der Waals surface area contributed by atoms with Gasteiger partial charge < -0.3 is 10.2 Å². The molecule has 0 radical (unpaired) electrons. The summed E-state index contributed by atoms with van der Waals surface area (Å²) in [5.74, 6) is 3.61. The summed E-state index contributed by atoms with van der Waals surface area (Å²) in [7, 11) is 0. The molecule has 8 atom stereocenters. The minimum absolute atomic E-state index is 0.103. The van der Waals surface area contributed by atoms with E-state index in [4.69, 9.17) is 0 Å². The first kappa shape index (κ1) is 16.4. The van der Waals surface area contributed by atoms with Gasteiger partial charge in [0.15, 0.2) is 0 Å². The van der Waals surface area contributed by atoms with Crippen molar-refractivity contribution in [3.05, 3.63) is 0 Å². The SMILES string of the molecule is CC1C[C@@H]2[C@@H](CC[C@@]3(C)[C@H]2CCC3(C)O)[C@@]2(CO)CCCCC12. The minimum atomic E-state index is -0.484. The molecule has 2 nitrogen and oxygen atoms in total. The van der Waals surface area contributed by atoms with Crippen molar-refractivity contribution < 1.29 is 10.2 Å². The van der Waals surface area contributed by atoms with Crippen LogP contribution in [0.2, 0.25) is 0 Å². The average molecular weight is 321 g/mol. The highest BCUT2D eigenvalue weighted by atomic mass is 16.3. The second-order valence-corrected chi connectivity index (χ2v) is 10.1. The van der Waals surface area contributed by atoms with E-state index < -0.39 is 5.60 Å². The van der Waals surface area contributed by atoms with Gasteiger partial charge in [-0.1, -0.05) is 26.7 Å². The summed E-state index contributed by atoms with van der Waals surface area (Å²) < 4.78 is 0. The topological polar surface area (TPSA) is 40.5 Å². The van der Waals surface area contributed by atoms with Gasteiger partial charge in [-0.05, 0) is 92.3 Å². The van der Waals surface area contributed by atoms with E-state index in [1.807, 2.05) is 0 Å². The second-order valence-electron chi connectivity index (χ2n) is 10.1. The fraction of sp³-hybridized carbons (Fsp3) is 1.00. The third-order valence-corrected chi connectivity index (χ3v) is 9.51. The van der Waals surface area contributed by atoms with Crippen LogP contribution in [0.5, 0.6) is 0 Å². The lowest BCUT2D eigenvalue weighted by molar-refractivity contribution is -0.176. The molecule has 0 aromatic heterocycles. The van der Waals surface area contributed by atoms with Gasteiger partial charge in [-0.3, -0.25) is 0 Å². The van der Waals surface area contributed by atoms with Crippen molar-refractivity contribution in [2.75, 3.05) is 6.61 Å². The number of fused-ring (bicyclic) bond motifs is 5. The Balaban J connectivity index is 1.71. The van der Waals surface area contributed by atoms with Gasteiger partial charge in [-0.2, -0.15) is 0 Å². The number of rotatable bonds is 1. The van der Waals surface area contributed by atoms with Crippen molar-refractivity contribution in [1.82, 2.24) is 0 Å². The summed E-state index contributed by atoms with van der Waals surface area (Å²) in [6, 6.07) is 0. The minimum Gasteiger partial charge on any atom is -0.396 e. The van der Waals surface area contributed by atoms with Gasteiger partial charge >= 0.3 is 0 Å². The predicted octanol–water partition coefficient (Wildman–Crippen LogP) is 4.39. The molecule has 0 amide bonds. The summed E-state index contributed by atoms with van der Waals surface area (Å²) in [6.45, 7) is 7.31. The molecule has 4 fully saturated rings. The Kier molecular flexibility index (Phi) is 3.71.